The van der Waals surface area contributed by atoms with Crippen LogP contribution in [-0.2, 0) is 11.2 Å². The summed E-state index contributed by atoms with van der Waals surface area (Å²) >= 11 is 0. The number of ether oxygens (including phenoxy) is 2. The van der Waals surface area contributed by atoms with Gasteiger partial charge in [-0.2, -0.15) is 0 Å². The van der Waals surface area contributed by atoms with Crippen LogP contribution in [0.15, 0.2) is 48.5 Å². The maximum absolute atomic E-state index is 11.9. The van der Waals surface area contributed by atoms with E-state index in [2.05, 4.69) is 12.2 Å². The summed E-state index contributed by atoms with van der Waals surface area (Å²) in [5.74, 6) is 1.11. The number of carbonyl (C=O) groups is 1. The molecule has 21 heavy (non-hydrogen) atoms. The van der Waals surface area contributed by atoms with Crippen molar-refractivity contribution in [1.29, 1.82) is 0 Å². The summed E-state index contributed by atoms with van der Waals surface area (Å²) in [5, 5.41) is 2.82. The van der Waals surface area contributed by atoms with Crippen molar-refractivity contribution >= 4 is 11.6 Å². The Hall–Kier alpha value is -2.49. The Morgan fingerprint density at radius 2 is 1.86 bits per heavy atom. The molecule has 1 N–H and O–H groups in total. The number of hydrogen-bond acceptors (Lipinski definition) is 3. The van der Waals surface area contributed by atoms with E-state index in [0.29, 0.717) is 11.5 Å². The largest absolute Gasteiger partial charge is 0.497 e. The second-order valence-corrected chi connectivity index (χ2v) is 4.57. The summed E-state index contributed by atoms with van der Waals surface area (Å²) in [4.78, 5) is 11.9. The molecule has 0 saturated heterocycles. The predicted molar refractivity (Wildman–Crippen MR) is 82.9 cm³/mol. The van der Waals surface area contributed by atoms with Crippen LogP contribution in [0.1, 0.15) is 12.5 Å². The van der Waals surface area contributed by atoms with Gasteiger partial charge in [0.15, 0.2) is 6.61 Å². The van der Waals surface area contributed by atoms with Crippen LogP contribution in [0.5, 0.6) is 11.5 Å². The van der Waals surface area contributed by atoms with Crippen LogP contribution in [0.4, 0.5) is 5.69 Å². The molecule has 0 radical (unpaired) electrons. The highest BCUT2D eigenvalue weighted by molar-refractivity contribution is 5.91. The normalized spacial score (nSPS) is 10.0. The molecule has 0 atom stereocenters. The van der Waals surface area contributed by atoms with Crippen LogP contribution in [0, 0.1) is 0 Å². The van der Waals surface area contributed by atoms with Crippen LogP contribution >= 0.6 is 0 Å². The number of aryl methyl sites for hydroxylation is 1. The summed E-state index contributed by atoms with van der Waals surface area (Å²) in [6.07, 6.45) is 0.935. The minimum absolute atomic E-state index is 0.0382. The first-order valence-corrected chi connectivity index (χ1v) is 6.87. The molecule has 2 aromatic rings. The SMILES string of the molecule is CCc1cccc(NC(=O)COc2cccc(OC)c2)c1. The van der Waals surface area contributed by atoms with Gasteiger partial charge in [0, 0.05) is 11.8 Å². The first-order valence-electron chi connectivity index (χ1n) is 6.87. The fourth-order valence-corrected chi connectivity index (χ4v) is 1.91. The fraction of sp³-hybridized carbons (Fsp3) is 0.235. The van der Waals surface area contributed by atoms with Crippen molar-refractivity contribution in [2.75, 3.05) is 19.0 Å². The molecule has 1 amide bonds. The van der Waals surface area contributed by atoms with E-state index >= 15 is 0 Å². The Labute approximate surface area is 124 Å². The van der Waals surface area contributed by atoms with Crippen molar-refractivity contribution in [3.05, 3.63) is 54.1 Å². The van der Waals surface area contributed by atoms with Gasteiger partial charge in [-0.3, -0.25) is 4.79 Å². The molecule has 2 aromatic carbocycles. The topological polar surface area (TPSA) is 47.6 Å². The smallest absolute Gasteiger partial charge is 0.262 e. The Bertz CT molecular complexity index is 610. The van der Waals surface area contributed by atoms with E-state index in [9.17, 15) is 4.79 Å². The van der Waals surface area contributed by atoms with Crippen molar-refractivity contribution in [2.24, 2.45) is 0 Å². The average Bonchev–Trinajstić information content (AvgIpc) is 2.53. The molecule has 0 aliphatic rings. The van der Waals surface area contributed by atoms with Crippen molar-refractivity contribution in [3.8, 4) is 11.5 Å². The van der Waals surface area contributed by atoms with E-state index in [1.807, 2.05) is 36.4 Å². The first-order chi connectivity index (χ1) is 10.2. The van der Waals surface area contributed by atoms with Crippen LogP contribution in [0.25, 0.3) is 0 Å². The van der Waals surface area contributed by atoms with Crippen LogP contribution < -0.4 is 14.8 Å². The van der Waals surface area contributed by atoms with E-state index in [0.717, 1.165) is 12.1 Å². The third-order valence-corrected chi connectivity index (χ3v) is 3.03. The zero-order chi connectivity index (χ0) is 15.1. The maximum Gasteiger partial charge on any atom is 0.262 e. The number of amides is 1. The lowest BCUT2D eigenvalue weighted by Gasteiger charge is -2.09. The summed E-state index contributed by atoms with van der Waals surface area (Å²) in [7, 11) is 1.59. The maximum atomic E-state index is 11.9. The molecule has 110 valence electrons. The van der Waals surface area contributed by atoms with Crippen molar-refractivity contribution in [1.82, 2.24) is 0 Å². The fourth-order valence-electron chi connectivity index (χ4n) is 1.91. The molecule has 0 heterocycles. The molecule has 2 rings (SSSR count). The molecular formula is C17H19NO3. The number of hydrogen-bond donors (Lipinski definition) is 1. The third kappa shape index (κ3) is 4.53. The molecule has 0 unspecified atom stereocenters. The lowest BCUT2D eigenvalue weighted by molar-refractivity contribution is -0.118. The minimum atomic E-state index is -0.189. The van der Waals surface area contributed by atoms with Gasteiger partial charge in [-0.1, -0.05) is 25.1 Å². The van der Waals surface area contributed by atoms with Crippen molar-refractivity contribution < 1.29 is 14.3 Å². The van der Waals surface area contributed by atoms with Crippen molar-refractivity contribution in [3.63, 3.8) is 0 Å². The van der Waals surface area contributed by atoms with Crippen molar-refractivity contribution in [2.45, 2.75) is 13.3 Å². The number of nitrogens with one attached hydrogen (secondary N) is 1. The van der Waals surface area contributed by atoms with Gasteiger partial charge in [0.2, 0.25) is 0 Å². The zero-order valence-corrected chi connectivity index (χ0v) is 12.3. The molecule has 0 bridgehead atoms. The number of methoxy groups -OCH3 is 1. The lowest BCUT2D eigenvalue weighted by Crippen LogP contribution is -2.20. The summed E-state index contributed by atoms with van der Waals surface area (Å²) in [5.41, 5.74) is 1.97. The van der Waals surface area contributed by atoms with E-state index in [-0.39, 0.29) is 12.5 Å². The van der Waals surface area contributed by atoms with Gasteiger partial charge in [-0.25, -0.2) is 0 Å². The number of benzene rings is 2. The van der Waals surface area contributed by atoms with Crippen LogP contribution in [0.2, 0.25) is 0 Å². The summed E-state index contributed by atoms with van der Waals surface area (Å²) in [6.45, 7) is 2.04. The van der Waals surface area contributed by atoms with Gasteiger partial charge in [0.25, 0.3) is 5.91 Å². The summed E-state index contributed by atoms with van der Waals surface area (Å²) in [6, 6.07) is 14.9. The average molecular weight is 285 g/mol. The highest BCUT2D eigenvalue weighted by atomic mass is 16.5. The second kappa shape index (κ2) is 7.33. The number of carbonyl (C=O) groups excluding carboxylic acids is 1. The van der Waals surface area contributed by atoms with E-state index in [1.54, 1.807) is 19.2 Å². The standard InChI is InChI=1S/C17H19NO3/c1-3-13-6-4-7-14(10-13)18-17(19)12-21-16-9-5-8-15(11-16)20-2/h4-11H,3,12H2,1-2H3,(H,18,19). The van der Waals surface area contributed by atoms with E-state index < -0.39 is 0 Å². The van der Waals surface area contributed by atoms with E-state index in [4.69, 9.17) is 9.47 Å². The summed E-state index contributed by atoms with van der Waals surface area (Å²) < 4.78 is 10.5. The van der Waals surface area contributed by atoms with E-state index in [1.165, 1.54) is 5.56 Å². The van der Waals surface area contributed by atoms with Gasteiger partial charge in [0.05, 0.1) is 7.11 Å². The predicted octanol–water partition coefficient (Wildman–Crippen LogP) is 3.28. The molecule has 0 fully saturated rings. The van der Waals surface area contributed by atoms with Gasteiger partial charge in [-0.05, 0) is 36.2 Å². The zero-order valence-electron chi connectivity index (χ0n) is 12.3. The Morgan fingerprint density at radius 3 is 2.62 bits per heavy atom. The molecule has 4 heteroatoms. The Morgan fingerprint density at radius 1 is 1.10 bits per heavy atom. The molecule has 0 aromatic heterocycles. The molecule has 0 aliphatic heterocycles. The monoisotopic (exact) mass is 285 g/mol. The van der Waals surface area contributed by atoms with Gasteiger partial charge in [0.1, 0.15) is 11.5 Å². The minimum Gasteiger partial charge on any atom is -0.497 e. The lowest BCUT2D eigenvalue weighted by atomic mass is 10.1. The van der Waals surface area contributed by atoms with Crippen LogP contribution in [-0.4, -0.2) is 19.6 Å². The molecule has 0 aliphatic carbocycles. The molecular weight excluding hydrogens is 266 g/mol. The highest BCUT2D eigenvalue weighted by Crippen LogP contribution is 2.18. The van der Waals surface area contributed by atoms with Gasteiger partial charge >= 0.3 is 0 Å². The molecule has 0 spiro atoms. The molecule has 4 nitrogen and oxygen atoms in total. The number of rotatable bonds is 6. The number of anilines is 1. The molecule has 0 saturated carbocycles. The Kier molecular flexibility index (Phi) is 5.21. The first kappa shape index (κ1) is 14.9. The van der Waals surface area contributed by atoms with Gasteiger partial charge < -0.3 is 14.8 Å². The highest BCUT2D eigenvalue weighted by Gasteiger charge is 2.05. The Balaban J connectivity index is 1.89. The second-order valence-electron chi connectivity index (χ2n) is 4.57. The van der Waals surface area contributed by atoms with Gasteiger partial charge in [-0.15, -0.1) is 0 Å². The third-order valence-electron chi connectivity index (χ3n) is 3.03. The quantitative estimate of drug-likeness (QED) is 0.886. The van der Waals surface area contributed by atoms with Crippen LogP contribution in [0.3, 0.4) is 0 Å².